The average molecular weight is 1810 g/mol. The minimum Gasteiger partial charge on any atom is -0.455 e. The molecule has 0 fully saturated rings. The third kappa shape index (κ3) is 14.4. The van der Waals surface area contributed by atoms with Crippen molar-refractivity contribution in [3.8, 4) is 111 Å². The number of fused-ring (bicyclic) bond motifs is 13. The van der Waals surface area contributed by atoms with Gasteiger partial charge in [-0.25, -0.2) is 0 Å². The molecule has 0 atom stereocenters. The Labute approximate surface area is 826 Å². The molecule has 4 nitrogen and oxygen atoms in total. The fraction of sp³-hybridized carbons (Fsp3) is 0.0145. The number of anilines is 6. The quantitative estimate of drug-likeness (QED) is 0.0857. The normalized spacial score (nSPS) is 12.5. The van der Waals surface area contributed by atoms with Gasteiger partial charge in [-0.1, -0.05) is 467 Å². The summed E-state index contributed by atoms with van der Waals surface area (Å²) in [5.41, 5.74) is 42.9. The molecule has 25 aromatic rings. The van der Waals surface area contributed by atoms with Crippen LogP contribution in [0.5, 0.6) is 0 Å². The lowest BCUT2D eigenvalue weighted by Crippen LogP contribution is -2.28. The third-order valence-corrected chi connectivity index (χ3v) is 29.3. The van der Waals surface area contributed by atoms with Gasteiger partial charge in [-0.3, -0.25) is 0 Å². The molecule has 0 unspecified atom stereocenters. The number of para-hydroxylation sites is 4. The SMILES string of the molecule is c1ccc(-c2ccc(-c3ccc(N(c4cccc(-c5cccc6c5-c5ccccc5C6(c5ccccc5)c5ccccc5)c4)c4cccc(-c5cccc6c5oc5ccccc56)c4)cc3)cc2)cc1.c1ccc(C2(c3ccccc3)c3ccccc3-c3c(-c4ccc(N(c5ccc(-c6ccc(-c7ccc8ccccc8c7)cc6)cc5)c5cccc(-c6cccc7c6oc6ccccc67)c5)cc4)cccc32)cc1. The number of furan rings is 2. The molecule has 0 amide bonds. The van der Waals surface area contributed by atoms with Crippen LogP contribution in [0.25, 0.3) is 166 Å². The maximum absolute atomic E-state index is 6.58. The van der Waals surface area contributed by atoms with Gasteiger partial charge in [0.15, 0.2) is 0 Å². The fourth-order valence-electron chi connectivity index (χ4n) is 22.9. The largest absolute Gasteiger partial charge is 0.455 e. The first-order valence-electron chi connectivity index (χ1n) is 48.9. The zero-order valence-corrected chi connectivity index (χ0v) is 77.8. The molecule has 0 spiro atoms. The molecule has 0 aliphatic heterocycles. The molecule has 2 aliphatic carbocycles. The van der Waals surface area contributed by atoms with Crippen LogP contribution in [-0.2, 0) is 10.8 Å². The van der Waals surface area contributed by atoms with E-state index in [1.54, 1.807) is 0 Å². The highest BCUT2D eigenvalue weighted by Crippen LogP contribution is 2.61. The lowest BCUT2D eigenvalue weighted by Gasteiger charge is -2.34. The van der Waals surface area contributed by atoms with Crippen LogP contribution in [0.3, 0.4) is 0 Å². The summed E-state index contributed by atoms with van der Waals surface area (Å²) in [4.78, 5) is 4.77. The molecule has 0 N–H and O–H groups in total. The van der Waals surface area contributed by atoms with Gasteiger partial charge in [0.25, 0.3) is 0 Å². The zero-order valence-electron chi connectivity index (χ0n) is 77.8. The molecule has 666 valence electrons. The van der Waals surface area contributed by atoms with Crippen molar-refractivity contribution >= 4 is 88.8 Å². The van der Waals surface area contributed by atoms with Crippen LogP contribution < -0.4 is 9.80 Å². The number of hydrogen-bond acceptors (Lipinski definition) is 4. The molecular weight excluding hydrogens is 1720 g/mol. The van der Waals surface area contributed by atoms with Gasteiger partial charge < -0.3 is 18.6 Å². The minimum atomic E-state index is -0.485. The highest BCUT2D eigenvalue weighted by atomic mass is 16.3. The summed E-state index contributed by atoms with van der Waals surface area (Å²) in [7, 11) is 0. The van der Waals surface area contributed by atoms with E-state index in [9.17, 15) is 0 Å². The molecule has 0 bridgehead atoms. The standard InChI is InChI=1S/C71H47NO.C67H45NO/c1-3-19-56(20-4-1)71(57-21-5-2-6-22-57)66-29-11-9-25-65(66)69-61(26-15-30-67(69)71)52-40-44-59(45-41-52)72(60-23-13-18-55(47-60)62-27-14-28-64-63-24-10-12-31-68(63)73-70(62)64)58-42-38-50(39-43-58)49-32-34-51(35-33-49)54-37-36-48-16-7-8-17-53(48)46-54;1-4-18-46(19-5-1)47-36-38-48(39-37-47)49-40-42-54(43-41-49)68(56-27-15-21-51(45-56)58-31-16-32-60-59-28-11-13-35-64(59)69-66(58)60)55-26-14-20-50(44-55)57-30-17-34-63-65(57)61-29-10-12-33-62(61)67(63,52-22-6-2-7-23-52)53-24-8-3-9-25-53/h1-47H;1-45H. The van der Waals surface area contributed by atoms with Crippen molar-refractivity contribution in [2.45, 2.75) is 10.8 Å². The van der Waals surface area contributed by atoms with Crippen LogP contribution >= 0.6 is 0 Å². The lowest BCUT2D eigenvalue weighted by molar-refractivity contribution is 0.669. The van der Waals surface area contributed by atoms with E-state index in [1.165, 1.54) is 128 Å². The molecule has 27 rings (SSSR count). The van der Waals surface area contributed by atoms with Gasteiger partial charge in [0.1, 0.15) is 22.3 Å². The van der Waals surface area contributed by atoms with Crippen LogP contribution in [0.2, 0.25) is 0 Å². The van der Waals surface area contributed by atoms with Gasteiger partial charge in [0.2, 0.25) is 0 Å². The van der Waals surface area contributed by atoms with E-state index in [-0.39, 0.29) is 0 Å². The minimum absolute atomic E-state index is 0.468. The lowest BCUT2D eigenvalue weighted by atomic mass is 9.67. The second-order valence-electron chi connectivity index (χ2n) is 37.1. The third-order valence-electron chi connectivity index (χ3n) is 29.3. The van der Waals surface area contributed by atoms with E-state index >= 15 is 0 Å². The van der Waals surface area contributed by atoms with Crippen LogP contribution in [0.15, 0.2) is 567 Å². The maximum Gasteiger partial charge on any atom is 0.143 e. The number of rotatable bonds is 18. The summed E-state index contributed by atoms with van der Waals surface area (Å²) < 4.78 is 13.1. The van der Waals surface area contributed by atoms with Crippen molar-refractivity contribution in [1.82, 2.24) is 0 Å². The molecular formula is C138H92N2O2. The van der Waals surface area contributed by atoms with Crippen molar-refractivity contribution in [2.75, 3.05) is 9.80 Å². The summed E-state index contributed by atoms with van der Waals surface area (Å²) in [6, 6.07) is 203. The Kier molecular flexibility index (Phi) is 21.1. The van der Waals surface area contributed by atoms with Crippen molar-refractivity contribution in [3.05, 3.63) is 603 Å². The number of nitrogens with zero attached hydrogens (tertiary/aromatic N) is 2. The van der Waals surface area contributed by atoms with Gasteiger partial charge in [0, 0.05) is 66.8 Å². The molecule has 0 saturated carbocycles. The molecule has 4 heteroatoms. The van der Waals surface area contributed by atoms with Crippen LogP contribution in [-0.4, -0.2) is 0 Å². The molecule has 0 radical (unpaired) electrons. The van der Waals surface area contributed by atoms with Crippen molar-refractivity contribution in [1.29, 1.82) is 0 Å². The summed E-state index contributed by atoms with van der Waals surface area (Å²) in [5, 5.41) is 6.98. The number of benzene rings is 23. The highest BCUT2D eigenvalue weighted by Gasteiger charge is 2.49. The Hall–Kier alpha value is -18.5. The second kappa shape index (κ2) is 35.6. The van der Waals surface area contributed by atoms with Crippen LogP contribution in [0.1, 0.15) is 44.5 Å². The van der Waals surface area contributed by atoms with Gasteiger partial charge in [-0.05, 0) is 246 Å². The van der Waals surface area contributed by atoms with Crippen molar-refractivity contribution < 1.29 is 8.83 Å². The van der Waals surface area contributed by atoms with Crippen LogP contribution in [0.4, 0.5) is 34.1 Å². The van der Waals surface area contributed by atoms with Gasteiger partial charge in [-0.15, -0.1) is 0 Å². The molecule has 2 heterocycles. The van der Waals surface area contributed by atoms with E-state index in [0.29, 0.717) is 0 Å². The smallest absolute Gasteiger partial charge is 0.143 e. The average Bonchev–Trinajstić information content (AvgIpc) is 1.53. The van der Waals surface area contributed by atoms with Gasteiger partial charge in [-0.2, -0.15) is 0 Å². The topological polar surface area (TPSA) is 32.8 Å². The molecule has 2 aliphatic rings. The van der Waals surface area contributed by atoms with E-state index in [4.69, 9.17) is 8.83 Å². The molecule has 23 aromatic carbocycles. The Bertz CT molecular complexity index is 8960. The van der Waals surface area contributed by atoms with E-state index < -0.39 is 10.8 Å². The Morgan fingerprint density at radius 2 is 0.415 bits per heavy atom. The Morgan fingerprint density at radius 3 is 0.838 bits per heavy atom. The van der Waals surface area contributed by atoms with Crippen molar-refractivity contribution in [3.63, 3.8) is 0 Å². The first-order valence-corrected chi connectivity index (χ1v) is 48.9. The van der Waals surface area contributed by atoms with E-state index in [0.717, 1.165) is 117 Å². The highest BCUT2D eigenvalue weighted by molar-refractivity contribution is 6.12. The van der Waals surface area contributed by atoms with Crippen molar-refractivity contribution in [2.24, 2.45) is 0 Å². The summed E-state index contributed by atoms with van der Waals surface area (Å²) in [6.07, 6.45) is 0. The predicted octanol–water partition coefficient (Wildman–Crippen LogP) is 37.3. The Balaban J connectivity index is 0.000000146. The fourth-order valence-corrected chi connectivity index (χ4v) is 22.9. The van der Waals surface area contributed by atoms with Crippen LogP contribution in [0, 0.1) is 0 Å². The second-order valence-corrected chi connectivity index (χ2v) is 37.1. The monoisotopic (exact) mass is 1810 g/mol. The predicted molar refractivity (Wildman–Crippen MR) is 592 cm³/mol. The number of hydrogen-bond donors (Lipinski definition) is 0. The summed E-state index contributed by atoms with van der Waals surface area (Å²) in [5.74, 6) is 0. The first kappa shape index (κ1) is 84.1. The van der Waals surface area contributed by atoms with E-state index in [2.05, 4.69) is 556 Å². The van der Waals surface area contributed by atoms with Gasteiger partial charge >= 0.3 is 0 Å². The Morgan fingerprint density at radius 1 is 0.148 bits per heavy atom. The molecule has 2 aromatic heterocycles. The molecule has 0 saturated heterocycles. The zero-order chi connectivity index (χ0) is 94.0. The molecule has 142 heavy (non-hydrogen) atoms. The summed E-state index contributed by atoms with van der Waals surface area (Å²) in [6.45, 7) is 0. The van der Waals surface area contributed by atoms with Gasteiger partial charge in [0.05, 0.1) is 10.8 Å². The maximum atomic E-state index is 6.58. The summed E-state index contributed by atoms with van der Waals surface area (Å²) >= 11 is 0. The first-order chi connectivity index (χ1) is 70.4. The van der Waals surface area contributed by atoms with E-state index in [1.807, 2.05) is 12.1 Å².